The van der Waals surface area contributed by atoms with E-state index in [1.165, 1.54) is 0 Å². The topological polar surface area (TPSA) is 31.0 Å². The number of benzene rings is 1. The first-order chi connectivity index (χ1) is 6.79. The molecule has 2 unspecified atom stereocenters. The van der Waals surface area contributed by atoms with Crippen LogP contribution in [0.1, 0.15) is 6.92 Å². The summed E-state index contributed by atoms with van der Waals surface area (Å²) in [5.74, 6) is 1.70. The van der Waals surface area contributed by atoms with Gasteiger partial charge in [-0.1, -0.05) is 0 Å². The Morgan fingerprint density at radius 2 is 1.86 bits per heavy atom. The minimum Gasteiger partial charge on any atom is -0.497 e. The summed E-state index contributed by atoms with van der Waals surface area (Å²) in [6.07, 6.45) is 0.403. The fraction of sp³-hybridized carbons (Fsp3) is 0.455. The van der Waals surface area contributed by atoms with E-state index >= 15 is 0 Å². The van der Waals surface area contributed by atoms with Gasteiger partial charge in [0, 0.05) is 0 Å². The van der Waals surface area contributed by atoms with Gasteiger partial charge in [0.25, 0.3) is 0 Å². The molecule has 76 valence electrons. The Morgan fingerprint density at radius 3 is 2.36 bits per heavy atom. The predicted octanol–water partition coefficient (Wildman–Crippen LogP) is 1.86. The number of epoxide rings is 1. The molecule has 0 amide bonds. The first-order valence-corrected chi connectivity index (χ1v) is 4.72. The van der Waals surface area contributed by atoms with Crippen molar-refractivity contribution in [2.24, 2.45) is 0 Å². The fourth-order valence-corrected chi connectivity index (χ4v) is 1.27. The van der Waals surface area contributed by atoms with E-state index in [1.54, 1.807) is 7.11 Å². The molecule has 0 aliphatic carbocycles. The van der Waals surface area contributed by atoms with Crippen LogP contribution in [0.2, 0.25) is 0 Å². The average molecular weight is 194 g/mol. The van der Waals surface area contributed by atoms with Crippen LogP contribution >= 0.6 is 0 Å². The number of hydrogen-bond donors (Lipinski definition) is 0. The van der Waals surface area contributed by atoms with E-state index < -0.39 is 0 Å². The van der Waals surface area contributed by atoms with Crippen molar-refractivity contribution in [3.8, 4) is 11.5 Å². The molecule has 1 aromatic rings. The van der Waals surface area contributed by atoms with Gasteiger partial charge in [-0.25, -0.2) is 0 Å². The third kappa shape index (κ3) is 2.17. The molecule has 3 heteroatoms. The van der Waals surface area contributed by atoms with Crippen molar-refractivity contribution in [1.82, 2.24) is 0 Å². The van der Waals surface area contributed by atoms with E-state index in [1.807, 2.05) is 31.2 Å². The Hall–Kier alpha value is -1.22. The maximum absolute atomic E-state index is 5.66. The van der Waals surface area contributed by atoms with Crippen LogP contribution in [0.3, 0.4) is 0 Å². The summed E-state index contributed by atoms with van der Waals surface area (Å²) in [6.45, 7) is 2.83. The molecular formula is C11H14O3. The highest BCUT2D eigenvalue weighted by atomic mass is 16.6. The van der Waals surface area contributed by atoms with Crippen LogP contribution in [0.4, 0.5) is 0 Å². The van der Waals surface area contributed by atoms with E-state index in [2.05, 4.69) is 0 Å². The summed E-state index contributed by atoms with van der Waals surface area (Å²) >= 11 is 0. The van der Waals surface area contributed by atoms with Crippen LogP contribution in [0, 0.1) is 0 Å². The molecule has 1 saturated heterocycles. The van der Waals surface area contributed by atoms with Crippen molar-refractivity contribution >= 4 is 0 Å². The van der Waals surface area contributed by atoms with Crippen molar-refractivity contribution in [1.29, 1.82) is 0 Å². The van der Waals surface area contributed by atoms with E-state index in [-0.39, 0.29) is 12.2 Å². The zero-order valence-corrected chi connectivity index (χ0v) is 8.40. The normalized spacial score (nSPS) is 21.4. The van der Waals surface area contributed by atoms with Gasteiger partial charge in [-0.3, -0.25) is 0 Å². The first kappa shape index (κ1) is 9.34. The number of ether oxygens (including phenoxy) is 3. The van der Waals surface area contributed by atoms with Crippen LogP contribution < -0.4 is 9.47 Å². The number of hydrogen-bond acceptors (Lipinski definition) is 3. The molecule has 1 aromatic carbocycles. The Balaban J connectivity index is 1.95. The standard InChI is InChI=1S/C11H14O3/c1-8(11-7-13-11)14-10-5-3-9(12-2)4-6-10/h3-6,8,11H,7H2,1-2H3. The summed E-state index contributed by atoms with van der Waals surface area (Å²) in [6, 6.07) is 7.57. The minimum absolute atomic E-state index is 0.128. The highest BCUT2D eigenvalue weighted by Crippen LogP contribution is 2.22. The molecular weight excluding hydrogens is 180 g/mol. The molecule has 14 heavy (non-hydrogen) atoms. The Kier molecular flexibility index (Phi) is 2.59. The van der Waals surface area contributed by atoms with Crippen LogP contribution in [-0.2, 0) is 4.74 Å². The van der Waals surface area contributed by atoms with E-state index in [0.717, 1.165) is 18.1 Å². The van der Waals surface area contributed by atoms with Crippen molar-refractivity contribution in [3.05, 3.63) is 24.3 Å². The highest BCUT2D eigenvalue weighted by Gasteiger charge is 2.30. The Bertz CT molecular complexity index is 290. The second-order valence-corrected chi connectivity index (χ2v) is 3.37. The molecule has 0 radical (unpaired) electrons. The lowest BCUT2D eigenvalue weighted by Crippen LogP contribution is -2.18. The molecule has 0 N–H and O–H groups in total. The van der Waals surface area contributed by atoms with Crippen LogP contribution in [0.15, 0.2) is 24.3 Å². The molecule has 3 nitrogen and oxygen atoms in total. The first-order valence-electron chi connectivity index (χ1n) is 4.72. The molecule has 0 aromatic heterocycles. The lowest BCUT2D eigenvalue weighted by atomic mass is 10.3. The summed E-state index contributed by atoms with van der Waals surface area (Å²) in [5, 5.41) is 0. The number of rotatable bonds is 4. The number of methoxy groups -OCH3 is 1. The second kappa shape index (κ2) is 3.88. The molecule has 1 fully saturated rings. The monoisotopic (exact) mass is 194 g/mol. The predicted molar refractivity (Wildman–Crippen MR) is 52.8 cm³/mol. The van der Waals surface area contributed by atoms with E-state index in [9.17, 15) is 0 Å². The second-order valence-electron chi connectivity index (χ2n) is 3.37. The molecule has 1 heterocycles. The van der Waals surface area contributed by atoms with Gasteiger partial charge in [-0.2, -0.15) is 0 Å². The molecule has 1 aliphatic heterocycles. The van der Waals surface area contributed by atoms with E-state index in [0.29, 0.717) is 0 Å². The summed E-state index contributed by atoms with van der Waals surface area (Å²) in [4.78, 5) is 0. The van der Waals surface area contributed by atoms with Crippen LogP contribution in [0.25, 0.3) is 0 Å². The quantitative estimate of drug-likeness (QED) is 0.685. The maximum Gasteiger partial charge on any atom is 0.124 e. The lowest BCUT2D eigenvalue weighted by molar-refractivity contribution is 0.176. The SMILES string of the molecule is COc1ccc(OC(C)C2CO2)cc1. The van der Waals surface area contributed by atoms with Gasteiger partial charge in [0.15, 0.2) is 0 Å². The zero-order chi connectivity index (χ0) is 9.97. The van der Waals surface area contributed by atoms with Gasteiger partial charge in [-0.15, -0.1) is 0 Å². The summed E-state index contributed by atoms with van der Waals surface area (Å²) < 4.78 is 15.8. The molecule has 2 atom stereocenters. The van der Waals surface area contributed by atoms with Gasteiger partial charge in [0.05, 0.1) is 13.7 Å². The van der Waals surface area contributed by atoms with Crippen molar-refractivity contribution < 1.29 is 14.2 Å². The molecule has 2 rings (SSSR count). The Morgan fingerprint density at radius 1 is 1.29 bits per heavy atom. The van der Waals surface area contributed by atoms with Gasteiger partial charge in [0.2, 0.25) is 0 Å². The summed E-state index contributed by atoms with van der Waals surface area (Å²) in [5.41, 5.74) is 0. The molecule has 0 spiro atoms. The third-order valence-electron chi connectivity index (χ3n) is 2.26. The van der Waals surface area contributed by atoms with Crippen LogP contribution in [0.5, 0.6) is 11.5 Å². The molecule has 1 aliphatic rings. The van der Waals surface area contributed by atoms with Crippen molar-refractivity contribution in [2.45, 2.75) is 19.1 Å². The molecule has 0 saturated carbocycles. The van der Waals surface area contributed by atoms with Crippen molar-refractivity contribution in [2.75, 3.05) is 13.7 Å². The van der Waals surface area contributed by atoms with Gasteiger partial charge >= 0.3 is 0 Å². The maximum atomic E-state index is 5.66. The smallest absolute Gasteiger partial charge is 0.124 e. The van der Waals surface area contributed by atoms with E-state index in [4.69, 9.17) is 14.2 Å². The fourth-order valence-electron chi connectivity index (χ4n) is 1.27. The van der Waals surface area contributed by atoms with Crippen molar-refractivity contribution in [3.63, 3.8) is 0 Å². The zero-order valence-electron chi connectivity index (χ0n) is 8.40. The third-order valence-corrected chi connectivity index (χ3v) is 2.26. The van der Waals surface area contributed by atoms with Gasteiger partial charge < -0.3 is 14.2 Å². The largest absolute Gasteiger partial charge is 0.497 e. The lowest BCUT2D eigenvalue weighted by Gasteiger charge is -2.12. The molecule has 0 bridgehead atoms. The van der Waals surface area contributed by atoms with Crippen LogP contribution in [-0.4, -0.2) is 25.9 Å². The highest BCUT2D eigenvalue weighted by molar-refractivity contribution is 5.31. The minimum atomic E-state index is 0.128. The Labute approximate surface area is 83.6 Å². The van der Waals surface area contributed by atoms with Gasteiger partial charge in [-0.05, 0) is 31.2 Å². The average Bonchev–Trinajstić information content (AvgIpc) is 3.02. The van der Waals surface area contributed by atoms with Gasteiger partial charge in [0.1, 0.15) is 23.7 Å². The summed E-state index contributed by atoms with van der Waals surface area (Å²) in [7, 11) is 1.65.